The topological polar surface area (TPSA) is 126 Å². The second-order valence-corrected chi connectivity index (χ2v) is 10.4. The van der Waals surface area contributed by atoms with Crippen molar-refractivity contribution in [2.45, 2.75) is 39.3 Å². The first-order valence-electron chi connectivity index (χ1n) is 13.6. The van der Waals surface area contributed by atoms with Gasteiger partial charge in [-0.1, -0.05) is 0 Å². The van der Waals surface area contributed by atoms with Crippen LogP contribution in [0.25, 0.3) is 27.5 Å². The summed E-state index contributed by atoms with van der Waals surface area (Å²) < 4.78 is 3.64. The van der Waals surface area contributed by atoms with Crippen LogP contribution in [0.3, 0.4) is 0 Å². The molecular formula is C29H33N9O2. The van der Waals surface area contributed by atoms with E-state index in [-0.39, 0.29) is 12.5 Å². The third-order valence-corrected chi connectivity index (χ3v) is 7.73. The Labute approximate surface area is 231 Å². The van der Waals surface area contributed by atoms with Gasteiger partial charge >= 0.3 is 0 Å². The van der Waals surface area contributed by atoms with Crippen molar-refractivity contribution >= 4 is 33.8 Å². The Hall–Kier alpha value is -4.35. The van der Waals surface area contributed by atoms with E-state index in [9.17, 15) is 9.90 Å². The van der Waals surface area contributed by atoms with Crippen LogP contribution in [-0.4, -0.2) is 71.0 Å². The van der Waals surface area contributed by atoms with Crippen LogP contribution in [-0.2, 0) is 13.7 Å². The summed E-state index contributed by atoms with van der Waals surface area (Å²) in [6.07, 6.45) is 9.47. The molecular weight excluding hydrogens is 506 g/mol. The summed E-state index contributed by atoms with van der Waals surface area (Å²) in [5, 5.41) is 26.1. The van der Waals surface area contributed by atoms with E-state index in [1.165, 1.54) is 12.8 Å². The van der Waals surface area contributed by atoms with Crippen LogP contribution in [0.1, 0.15) is 41.5 Å². The third-order valence-electron chi connectivity index (χ3n) is 7.73. The maximum Gasteiger partial charge on any atom is 0.252 e. The van der Waals surface area contributed by atoms with Crippen molar-refractivity contribution in [2.75, 3.05) is 25.0 Å². The van der Waals surface area contributed by atoms with Crippen molar-refractivity contribution in [3.63, 3.8) is 0 Å². The van der Waals surface area contributed by atoms with Gasteiger partial charge in [0.05, 0.1) is 51.9 Å². The Morgan fingerprint density at radius 1 is 1.18 bits per heavy atom. The van der Waals surface area contributed by atoms with Gasteiger partial charge < -0.3 is 15.7 Å². The molecule has 1 aliphatic rings. The molecule has 11 heteroatoms. The molecule has 0 saturated carbocycles. The lowest BCUT2D eigenvalue weighted by atomic mass is 10.1. The number of aromatic nitrogens is 6. The molecule has 1 amide bonds. The standard InChI is InChI=1S/C29H33N9O2/c1-18-5-4-9-37(18)10-8-31-29(40)21-12-25(19(2)32-14-21)34-28-24-15-33-38-16-22(13-26(38)27(24)36(3)35-28)20-6-7-30-23(11-20)17-39/h6-7,11-16,18,39H,4-5,8-10,17H2,1-3H3,(H,31,40)(H,34,35)/t18-/m0/s1. The molecule has 1 aliphatic heterocycles. The molecule has 1 atom stereocenters. The van der Waals surface area contributed by atoms with Gasteiger partial charge in [0.2, 0.25) is 0 Å². The molecule has 40 heavy (non-hydrogen) atoms. The van der Waals surface area contributed by atoms with E-state index >= 15 is 0 Å². The van der Waals surface area contributed by atoms with E-state index in [2.05, 4.69) is 43.6 Å². The van der Waals surface area contributed by atoms with E-state index in [4.69, 9.17) is 5.10 Å². The van der Waals surface area contributed by atoms with Gasteiger partial charge in [0.1, 0.15) is 0 Å². The van der Waals surface area contributed by atoms with Gasteiger partial charge in [-0.3, -0.25) is 24.3 Å². The highest BCUT2D eigenvalue weighted by atomic mass is 16.3. The number of aryl methyl sites for hydroxylation is 2. The van der Waals surface area contributed by atoms with Crippen LogP contribution in [0.2, 0.25) is 0 Å². The maximum atomic E-state index is 12.9. The number of fused-ring (bicyclic) bond motifs is 3. The summed E-state index contributed by atoms with van der Waals surface area (Å²) in [7, 11) is 1.90. The van der Waals surface area contributed by atoms with Crippen molar-refractivity contribution in [2.24, 2.45) is 7.05 Å². The second kappa shape index (κ2) is 10.7. The highest BCUT2D eigenvalue weighted by molar-refractivity contribution is 6.01. The molecule has 0 radical (unpaired) electrons. The zero-order valence-corrected chi connectivity index (χ0v) is 22.9. The van der Waals surface area contributed by atoms with Gasteiger partial charge in [0.25, 0.3) is 5.91 Å². The minimum absolute atomic E-state index is 0.116. The summed E-state index contributed by atoms with van der Waals surface area (Å²) in [4.78, 5) is 23.9. The molecule has 0 aliphatic carbocycles. The van der Waals surface area contributed by atoms with Gasteiger partial charge in [-0.25, -0.2) is 4.52 Å². The molecule has 0 unspecified atom stereocenters. The zero-order valence-electron chi connectivity index (χ0n) is 22.9. The largest absolute Gasteiger partial charge is 0.390 e. The number of anilines is 2. The summed E-state index contributed by atoms with van der Waals surface area (Å²) in [5.41, 5.74) is 6.31. The molecule has 0 bridgehead atoms. The SMILES string of the molecule is Cc1ncc(C(=O)NCCN2CCC[C@@H]2C)cc1Nc1nn(C)c2c1cnn1cc(-c3ccnc(CO)c3)cc21. The van der Waals surface area contributed by atoms with Crippen LogP contribution in [0.5, 0.6) is 0 Å². The quantitative estimate of drug-likeness (QED) is 0.274. The Morgan fingerprint density at radius 3 is 2.85 bits per heavy atom. The monoisotopic (exact) mass is 539 g/mol. The van der Waals surface area contributed by atoms with Crippen molar-refractivity contribution in [3.8, 4) is 11.1 Å². The van der Waals surface area contributed by atoms with Crippen LogP contribution in [0.4, 0.5) is 11.5 Å². The highest BCUT2D eigenvalue weighted by Crippen LogP contribution is 2.31. The summed E-state index contributed by atoms with van der Waals surface area (Å²) in [6, 6.07) is 8.23. The Kier molecular flexibility index (Phi) is 6.91. The molecule has 1 saturated heterocycles. The number of rotatable bonds is 8. The number of carbonyl (C=O) groups excluding carboxylic acids is 1. The van der Waals surface area contributed by atoms with Crippen LogP contribution >= 0.6 is 0 Å². The molecule has 6 heterocycles. The lowest BCUT2D eigenvalue weighted by molar-refractivity contribution is 0.0947. The molecule has 1 fully saturated rings. The number of likely N-dealkylation sites (tertiary alicyclic amines) is 1. The average molecular weight is 540 g/mol. The maximum absolute atomic E-state index is 12.9. The fourth-order valence-corrected chi connectivity index (χ4v) is 5.46. The Morgan fingerprint density at radius 2 is 2.05 bits per heavy atom. The van der Waals surface area contributed by atoms with Crippen LogP contribution in [0.15, 0.2) is 49.1 Å². The normalized spacial score (nSPS) is 15.8. The zero-order chi connectivity index (χ0) is 27.8. The van der Waals surface area contributed by atoms with E-state index in [1.54, 1.807) is 18.6 Å². The van der Waals surface area contributed by atoms with Crippen molar-refractivity contribution in [1.82, 2.24) is 39.6 Å². The van der Waals surface area contributed by atoms with E-state index in [0.29, 0.717) is 35.3 Å². The van der Waals surface area contributed by atoms with Gasteiger partial charge in [0, 0.05) is 50.3 Å². The first kappa shape index (κ1) is 25.9. The van der Waals surface area contributed by atoms with Crippen LogP contribution < -0.4 is 10.6 Å². The fourth-order valence-electron chi connectivity index (χ4n) is 5.46. The molecule has 206 valence electrons. The Balaban J connectivity index is 1.25. The minimum Gasteiger partial charge on any atom is -0.390 e. The summed E-state index contributed by atoms with van der Waals surface area (Å²) >= 11 is 0. The number of aliphatic hydroxyl groups is 1. The molecule has 0 aromatic carbocycles. The van der Waals surface area contributed by atoms with Crippen molar-refractivity contribution < 1.29 is 9.90 Å². The summed E-state index contributed by atoms with van der Waals surface area (Å²) in [6.45, 7) is 6.57. The van der Waals surface area contributed by atoms with Gasteiger partial charge in [-0.2, -0.15) is 10.2 Å². The first-order valence-corrected chi connectivity index (χ1v) is 13.6. The average Bonchev–Trinajstić information content (AvgIpc) is 3.66. The number of hydrogen-bond acceptors (Lipinski definition) is 8. The first-order chi connectivity index (χ1) is 19.4. The highest BCUT2D eigenvalue weighted by Gasteiger charge is 2.20. The van der Waals surface area contributed by atoms with E-state index in [0.717, 1.165) is 46.3 Å². The molecule has 11 nitrogen and oxygen atoms in total. The van der Waals surface area contributed by atoms with E-state index in [1.807, 2.05) is 47.6 Å². The summed E-state index contributed by atoms with van der Waals surface area (Å²) in [5.74, 6) is 0.491. The molecule has 5 aromatic rings. The number of amides is 1. The van der Waals surface area contributed by atoms with Gasteiger partial charge in [-0.05, 0) is 63.1 Å². The number of aliphatic hydroxyl groups excluding tert-OH is 1. The number of pyridine rings is 2. The number of carbonyl (C=O) groups is 1. The lowest BCUT2D eigenvalue weighted by Gasteiger charge is -2.20. The molecule has 6 rings (SSSR count). The minimum atomic E-state index is -0.141. The molecule has 5 aromatic heterocycles. The molecule has 0 spiro atoms. The van der Waals surface area contributed by atoms with Crippen molar-refractivity contribution in [3.05, 3.63) is 66.0 Å². The van der Waals surface area contributed by atoms with Gasteiger partial charge in [-0.15, -0.1) is 0 Å². The van der Waals surface area contributed by atoms with E-state index < -0.39 is 0 Å². The molecule has 3 N–H and O–H groups in total. The lowest BCUT2D eigenvalue weighted by Crippen LogP contribution is -2.36. The Bertz CT molecular complexity index is 1710. The van der Waals surface area contributed by atoms with Gasteiger partial charge in [0.15, 0.2) is 5.82 Å². The second-order valence-electron chi connectivity index (χ2n) is 10.4. The number of nitrogens with zero attached hydrogens (tertiary/aromatic N) is 7. The fraction of sp³-hybridized carbons (Fsp3) is 0.345. The number of nitrogens with one attached hydrogen (secondary N) is 2. The smallest absolute Gasteiger partial charge is 0.252 e. The number of hydrogen-bond donors (Lipinski definition) is 3. The predicted molar refractivity (Wildman–Crippen MR) is 153 cm³/mol. The van der Waals surface area contributed by atoms with Crippen molar-refractivity contribution in [1.29, 1.82) is 0 Å². The van der Waals surface area contributed by atoms with Crippen LogP contribution in [0, 0.1) is 6.92 Å². The third kappa shape index (κ3) is 4.89. The predicted octanol–water partition coefficient (Wildman–Crippen LogP) is 3.44.